The van der Waals surface area contributed by atoms with E-state index in [2.05, 4.69) is 92.0 Å². The number of anilines is 1. The summed E-state index contributed by atoms with van der Waals surface area (Å²) in [6.45, 7) is 2.35. The van der Waals surface area contributed by atoms with Gasteiger partial charge >= 0.3 is 0 Å². The molecule has 2 aromatic heterocycles. The van der Waals surface area contributed by atoms with Gasteiger partial charge in [-0.1, -0.05) is 46.3 Å². The Morgan fingerprint density at radius 1 is 0.821 bits per heavy atom. The van der Waals surface area contributed by atoms with Gasteiger partial charge in [0.25, 0.3) is 0 Å². The molecule has 5 nitrogen and oxygen atoms in total. The van der Waals surface area contributed by atoms with Crippen molar-refractivity contribution in [3.63, 3.8) is 0 Å². The number of rotatable bonds is 7. The first-order valence-electron chi connectivity index (χ1n) is 9.19. The molecule has 0 unspecified atom stereocenters. The highest BCUT2D eigenvalue weighted by atomic mass is 79.9. The predicted octanol–water partition coefficient (Wildman–Crippen LogP) is 4.63. The number of aryl methyl sites for hydroxylation is 1. The Morgan fingerprint density at radius 3 is 2.18 bits per heavy atom. The van der Waals surface area contributed by atoms with E-state index in [4.69, 9.17) is 0 Å². The van der Waals surface area contributed by atoms with Crippen molar-refractivity contribution in [1.29, 1.82) is 0 Å². The van der Waals surface area contributed by atoms with E-state index in [1.54, 1.807) is 0 Å². The van der Waals surface area contributed by atoms with Crippen molar-refractivity contribution >= 4 is 21.6 Å². The maximum absolute atomic E-state index is 4.55. The smallest absolute Gasteiger partial charge is 0.0659 e. The summed E-state index contributed by atoms with van der Waals surface area (Å²) in [6.07, 6.45) is 8.06. The van der Waals surface area contributed by atoms with Crippen LogP contribution in [0.3, 0.4) is 0 Å². The highest BCUT2D eigenvalue weighted by Crippen LogP contribution is 2.22. The molecule has 0 fully saturated rings. The van der Waals surface area contributed by atoms with E-state index in [0.717, 1.165) is 24.1 Å². The molecule has 0 aliphatic rings. The summed E-state index contributed by atoms with van der Waals surface area (Å²) in [7, 11) is 1.95. The Morgan fingerprint density at radius 2 is 1.50 bits per heavy atom. The highest BCUT2D eigenvalue weighted by Gasteiger charge is 2.11. The van der Waals surface area contributed by atoms with Crippen LogP contribution in [-0.4, -0.2) is 19.6 Å². The van der Waals surface area contributed by atoms with Gasteiger partial charge in [0.15, 0.2) is 0 Å². The minimum atomic E-state index is 0.779. The zero-order chi connectivity index (χ0) is 19.3. The van der Waals surface area contributed by atoms with E-state index >= 15 is 0 Å². The van der Waals surface area contributed by atoms with Crippen LogP contribution in [0.1, 0.15) is 16.7 Å². The molecule has 4 rings (SSSR count). The average molecular weight is 436 g/mol. The molecule has 0 aliphatic carbocycles. The topological polar surface area (TPSA) is 38.9 Å². The van der Waals surface area contributed by atoms with Crippen molar-refractivity contribution in [1.82, 2.24) is 19.6 Å². The number of benzene rings is 2. The van der Waals surface area contributed by atoms with E-state index in [1.165, 1.54) is 22.4 Å². The van der Waals surface area contributed by atoms with Crippen LogP contribution in [-0.2, 0) is 26.7 Å². The molecular formula is C22H22BrN5. The fourth-order valence-corrected chi connectivity index (χ4v) is 3.49. The van der Waals surface area contributed by atoms with E-state index < -0.39 is 0 Å². The van der Waals surface area contributed by atoms with Gasteiger partial charge in [-0.3, -0.25) is 9.36 Å². The fraction of sp³-hybridized carbons (Fsp3) is 0.182. The first kappa shape index (κ1) is 18.5. The largest absolute Gasteiger partial charge is 0.363 e. The number of aromatic nitrogens is 4. The summed E-state index contributed by atoms with van der Waals surface area (Å²) in [5.41, 5.74) is 4.78. The van der Waals surface area contributed by atoms with Gasteiger partial charge < -0.3 is 4.90 Å². The van der Waals surface area contributed by atoms with Crippen molar-refractivity contribution in [2.45, 2.75) is 19.6 Å². The molecule has 28 heavy (non-hydrogen) atoms. The Bertz CT molecular complexity index is 1020. The molecule has 6 heteroatoms. The number of hydrogen-bond donors (Lipinski definition) is 0. The van der Waals surface area contributed by atoms with Gasteiger partial charge in [-0.15, -0.1) is 0 Å². The van der Waals surface area contributed by atoms with Gasteiger partial charge in [-0.25, -0.2) is 0 Å². The lowest BCUT2D eigenvalue weighted by molar-refractivity contribution is 0.685. The molecule has 2 heterocycles. The van der Waals surface area contributed by atoms with Crippen LogP contribution in [0.5, 0.6) is 0 Å². The predicted molar refractivity (Wildman–Crippen MR) is 115 cm³/mol. The maximum atomic E-state index is 4.55. The van der Waals surface area contributed by atoms with Crippen molar-refractivity contribution in [2.75, 3.05) is 4.90 Å². The van der Waals surface area contributed by atoms with E-state index in [0.29, 0.717) is 0 Å². The molecule has 0 saturated heterocycles. The van der Waals surface area contributed by atoms with Gasteiger partial charge in [-0.05, 0) is 29.8 Å². The maximum Gasteiger partial charge on any atom is 0.0659 e. The van der Waals surface area contributed by atoms with Crippen molar-refractivity contribution in [2.24, 2.45) is 7.05 Å². The second-order valence-corrected chi connectivity index (χ2v) is 7.80. The zero-order valence-corrected chi connectivity index (χ0v) is 17.3. The molecule has 0 atom stereocenters. The molecule has 0 amide bonds. The molecule has 0 saturated carbocycles. The summed E-state index contributed by atoms with van der Waals surface area (Å²) in [5, 5.41) is 8.85. The first-order valence-corrected chi connectivity index (χ1v) is 9.98. The van der Waals surface area contributed by atoms with E-state index in [9.17, 15) is 0 Å². The molecule has 0 bridgehead atoms. The molecule has 142 valence electrons. The van der Waals surface area contributed by atoms with Crippen molar-refractivity contribution < 1.29 is 0 Å². The average Bonchev–Trinajstić information content (AvgIpc) is 3.31. The molecule has 0 radical (unpaired) electrons. The standard InChI is InChI=1S/C22H22BrN5/c1-26-13-19(11-24-26)14-27(22-9-7-21(23)8-10-22)15-20-12-25-28(17-20)16-18-5-3-2-4-6-18/h2-13,17H,14-16H2,1H3. The lowest BCUT2D eigenvalue weighted by atomic mass is 10.2. The third kappa shape index (κ3) is 4.70. The van der Waals surface area contributed by atoms with E-state index in [-0.39, 0.29) is 0 Å². The molecule has 0 N–H and O–H groups in total. The van der Waals surface area contributed by atoms with Crippen LogP contribution in [0.4, 0.5) is 5.69 Å². The SMILES string of the molecule is Cn1cc(CN(Cc2cnn(Cc3ccccc3)c2)c2ccc(Br)cc2)cn1. The summed E-state index contributed by atoms with van der Waals surface area (Å²) >= 11 is 3.52. The van der Waals surface area contributed by atoms with Gasteiger partial charge in [0.05, 0.1) is 18.9 Å². The first-order chi connectivity index (χ1) is 13.7. The van der Waals surface area contributed by atoms with Crippen molar-refractivity contribution in [3.8, 4) is 0 Å². The van der Waals surface area contributed by atoms with Crippen LogP contribution in [0.2, 0.25) is 0 Å². The Kier molecular flexibility index (Phi) is 5.58. The molecule has 0 spiro atoms. The normalized spacial score (nSPS) is 10.9. The van der Waals surface area contributed by atoms with Crippen LogP contribution in [0.15, 0.2) is 83.9 Å². The minimum absolute atomic E-state index is 0.779. The second-order valence-electron chi connectivity index (χ2n) is 6.89. The lowest BCUT2D eigenvalue weighted by Gasteiger charge is -2.24. The van der Waals surface area contributed by atoms with Gasteiger partial charge in [-0.2, -0.15) is 10.2 Å². The van der Waals surface area contributed by atoms with Crippen LogP contribution < -0.4 is 4.90 Å². The van der Waals surface area contributed by atoms with Crippen LogP contribution in [0, 0.1) is 0 Å². The van der Waals surface area contributed by atoms with E-state index in [1.807, 2.05) is 34.9 Å². The zero-order valence-electron chi connectivity index (χ0n) is 15.7. The fourth-order valence-electron chi connectivity index (χ4n) is 3.23. The number of hydrogen-bond acceptors (Lipinski definition) is 3. The van der Waals surface area contributed by atoms with Crippen molar-refractivity contribution in [3.05, 3.63) is 101 Å². The number of halogens is 1. The third-order valence-electron chi connectivity index (χ3n) is 4.57. The highest BCUT2D eigenvalue weighted by molar-refractivity contribution is 9.10. The number of nitrogens with zero attached hydrogens (tertiary/aromatic N) is 5. The lowest BCUT2D eigenvalue weighted by Crippen LogP contribution is -2.21. The van der Waals surface area contributed by atoms with Gasteiger partial charge in [0.2, 0.25) is 0 Å². The van der Waals surface area contributed by atoms with Crippen LogP contribution in [0.25, 0.3) is 0 Å². The summed E-state index contributed by atoms with van der Waals surface area (Å²) in [6, 6.07) is 18.8. The van der Waals surface area contributed by atoms with Crippen LogP contribution >= 0.6 is 15.9 Å². The summed E-state index contributed by atoms with van der Waals surface area (Å²) in [4.78, 5) is 2.34. The Hall–Kier alpha value is -2.86. The molecule has 4 aromatic rings. The Balaban J connectivity index is 1.52. The van der Waals surface area contributed by atoms with Gasteiger partial charge in [0.1, 0.15) is 0 Å². The van der Waals surface area contributed by atoms with Gasteiger partial charge in [0, 0.05) is 53.8 Å². The second kappa shape index (κ2) is 8.44. The minimum Gasteiger partial charge on any atom is -0.363 e. The Labute approximate surface area is 173 Å². The third-order valence-corrected chi connectivity index (χ3v) is 5.10. The summed E-state index contributed by atoms with van der Waals surface area (Å²) in [5.74, 6) is 0. The molecular weight excluding hydrogens is 414 g/mol. The summed E-state index contributed by atoms with van der Waals surface area (Å²) < 4.78 is 4.91. The molecule has 0 aliphatic heterocycles. The monoisotopic (exact) mass is 435 g/mol. The quantitative estimate of drug-likeness (QED) is 0.424. The molecule has 2 aromatic carbocycles.